The lowest BCUT2D eigenvalue weighted by Crippen LogP contribution is -2.09. The zero-order chi connectivity index (χ0) is 57.6. The summed E-state index contributed by atoms with van der Waals surface area (Å²) in [6, 6.07) is 123. The van der Waals surface area contributed by atoms with Gasteiger partial charge in [0.1, 0.15) is 5.82 Å². The number of fused-ring (bicyclic) bond motifs is 5. The van der Waals surface area contributed by atoms with Crippen LogP contribution < -0.4 is 9.80 Å². The molecule has 0 saturated heterocycles. The van der Waals surface area contributed by atoms with Crippen molar-refractivity contribution in [2.24, 2.45) is 0 Å². The maximum Gasteiger partial charge on any atom is 0.145 e. The van der Waals surface area contributed by atoms with Crippen molar-refractivity contribution in [1.29, 1.82) is 0 Å². The molecule has 0 unspecified atom stereocenters. The average Bonchev–Trinajstić information content (AvgIpc) is 3.15. The number of para-hydroxylation sites is 7. The third-order valence-electron chi connectivity index (χ3n) is 17.1. The quantitative estimate of drug-likeness (QED) is 0.114. The molecule has 0 aliphatic rings. The van der Waals surface area contributed by atoms with E-state index < -0.39 is 0 Å². The monoisotopic (exact) mass is 1110 g/mol. The van der Waals surface area contributed by atoms with Gasteiger partial charge in [-0.15, -0.1) is 0 Å². The van der Waals surface area contributed by atoms with Gasteiger partial charge >= 0.3 is 0 Å². The molecule has 0 N–H and O–H groups in total. The Morgan fingerprint density at radius 1 is 0.218 bits per heavy atom. The first-order valence-corrected chi connectivity index (χ1v) is 29.8. The summed E-state index contributed by atoms with van der Waals surface area (Å²) >= 11 is 0. The van der Waals surface area contributed by atoms with Gasteiger partial charge in [-0.25, -0.2) is 4.98 Å². The molecule has 87 heavy (non-hydrogen) atoms. The number of nitrogens with zero attached hydrogens (tertiary/aromatic N) is 4. The molecule has 1 heterocycles. The van der Waals surface area contributed by atoms with E-state index >= 15 is 0 Å². The highest BCUT2D eigenvalue weighted by molar-refractivity contribution is 6.25. The topological polar surface area (TPSA) is 24.3 Å². The summed E-state index contributed by atoms with van der Waals surface area (Å²) < 4.78 is 2.27. The normalized spacial score (nSPS) is 11.4. The molecule has 15 aromatic carbocycles. The van der Waals surface area contributed by atoms with Crippen LogP contribution in [0.2, 0.25) is 0 Å². The van der Waals surface area contributed by atoms with Crippen LogP contribution in [0.1, 0.15) is 0 Å². The van der Waals surface area contributed by atoms with Crippen LogP contribution in [0, 0.1) is 0 Å². The minimum atomic E-state index is 0.915. The van der Waals surface area contributed by atoms with Crippen LogP contribution in [-0.2, 0) is 0 Å². The standard InChI is InChI=1S/C83H56N4/c1-6-24-62(25-7-1)85(63-26-8-2-9-27-63)67-51-46-58(47-52-67)80-69-34-16-19-37-72(69)81(59-48-53-68(54-49-59)86(64-28-10-3-11-29-64)65-30-12-4-13-31-65)76-56-61(50-55-75(76)80)82-73-38-20-17-35-70(73)79(71-36-18-21-39-74(71)82)57-42-44-60(45-43-57)83-84-77-40-22-23-41-78(77)87(83)66-32-14-5-15-33-66/h1-56H. The van der Waals surface area contributed by atoms with Crippen LogP contribution in [0.3, 0.4) is 0 Å². The van der Waals surface area contributed by atoms with Gasteiger partial charge in [0.25, 0.3) is 0 Å². The summed E-state index contributed by atoms with van der Waals surface area (Å²) in [5.41, 5.74) is 20.2. The van der Waals surface area contributed by atoms with Crippen LogP contribution in [0.4, 0.5) is 34.1 Å². The van der Waals surface area contributed by atoms with E-state index in [1.54, 1.807) is 0 Å². The van der Waals surface area contributed by atoms with E-state index in [9.17, 15) is 0 Å². The molecule has 0 aliphatic heterocycles. The Morgan fingerprint density at radius 3 is 0.920 bits per heavy atom. The number of aromatic nitrogens is 2. The number of rotatable bonds is 12. The van der Waals surface area contributed by atoms with E-state index in [1.807, 2.05) is 0 Å². The summed E-state index contributed by atoms with van der Waals surface area (Å²) in [5, 5.41) is 9.57. The van der Waals surface area contributed by atoms with Crippen molar-refractivity contribution in [3.05, 3.63) is 340 Å². The first kappa shape index (κ1) is 51.1. The summed E-state index contributed by atoms with van der Waals surface area (Å²) in [4.78, 5) is 9.88. The van der Waals surface area contributed by atoms with Crippen molar-refractivity contribution in [2.75, 3.05) is 9.80 Å². The highest BCUT2D eigenvalue weighted by Gasteiger charge is 2.23. The van der Waals surface area contributed by atoms with Gasteiger partial charge in [-0.1, -0.05) is 237 Å². The van der Waals surface area contributed by atoms with E-state index in [2.05, 4.69) is 354 Å². The molecule has 1 aromatic heterocycles. The molecule has 16 rings (SSSR count). The Bertz CT molecular complexity index is 5030. The second-order valence-corrected chi connectivity index (χ2v) is 22.2. The van der Waals surface area contributed by atoms with E-state index in [0.29, 0.717) is 0 Å². The number of anilines is 6. The first-order chi connectivity index (χ1) is 43.2. The number of imidazole rings is 1. The molecule has 0 fully saturated rings. The van der Waals surface area contributed by atoms with Crippen molar-refractivity contribution >= 4 is 88.2 Å². The Kier molecular flexibility index (Phi) is 12.8. The van der Waals surface area contributed by atoms with Gasteiger partial charge in [-0.05, 0) is 191 Å². The van der Waals surface area contributed by atoms with Crippen molar-refractivity contribution < 1.29 is 0 Å². The minimum Gasteiger partial charge on any atom is -0.311 e. The lowest BCUT2D eigenvalue weighted by Gasteiger charge is -2.26. The van der Waals surface area contributed by atoms with Crippen molar-refractivity contribution in [1.82, 2.24) is 9.55 Å². The van der Waals surface area contributed by atoms with Crippen molar-refractivity contribution in [2.45, 2.75) is 0 Å². The molecule has 0 aliphatic carbocycles. The smallest absolute Gasteiger partial charge is 0.145 e. The Hall–Kier alpha value is -11.6. The van der Waals surface area contributed by atoms with Gasteiger partial charge in [0.05, 0.1) is 11.0 Å². The molecule has 0 radical (unpaired) electrons. The molecule has 4 heteroatoms. The fourth-order valence-electron chi connectivity index (χ4n) is 13.3. The zero-order valence-electron chi connectivity index (χ0n) is 47.6. The van der Waals surface area contributed by atoms with Crippen LogP contribution in [0.15, 0.2) is 340 Å². The summed E-state index contributed by atoms with van der Waals surface area (Å²) in [7, 11) is 0. The van der Waals surface area contributed by atoms with E-state index in [4.69, 9.17) is 4.98 Å². The molecule has 16 aromatic rings. The molecule has 0 atom stereocenters. The summed E-state index contributed by atoms with van der Waals surface area (Å²) in [6.07, 6.45) is 0. The van der Waals surface area contributed by atoms with Crippen LogP contribution >= 0.6 is 0 Å². The SMILES string of the molecule is c1ccc(N(c2ccccc2)c2ccc(-c3c4ccccc4c(-c4ccc(N(c5ccccc5)c5ccccc5)cc4)c4cc(-c5c6ccccc6c(-c6ccc(-c7nc8ccccc8n7-c7ccccc7)cc6)c6ccccc56)ccc34)cc2)cc1. The van der Waals surface area contributed by atoms with Gasteiger partial charge < -0.3 is 9.80 Å². The first-order valence-electron chi connectivity index (χ1n) is 29.8. The molecule has 0 saturated carbocycles. The predicted molar refractivity (Wildman–Crippen MR) is 368 cm³/mol. The molecule has 4 nitrogen and oxygen atoms in total. The number of benzene rings is 15. The van der Waals surface area contributed by atoms with E-state index in [1.165, 1.54) is 65.3 Å². The Balaban J connectivity index is 0.887. The summed E-state index contributed by atoms with van der Waals surface area (Å²) in [5.74, 6) is 0.915. The number of hydrogen-bond donors (Lipinski definition) is 0. The van der Waals surface area contributed by atoms with Crippen molar-refractivity contribution in [3.8, 4) is 61.6 Å². The van der Waals surface area contributed by atoms with Crippen LogP contribution in [-0.4, -0.2) is 9.55 Å². The fraction of sp³-hybridized carbons (Fsp3) is 0. The second-order valence-electron chi connectivity index (χ2n) is 22.2. The Morgan fingerprint density at radius 2 is 0.506 bits per heavy atom. The van der Waals surface area contributed by atoms with Gasteiger partial charge in [0.15, 0.2) is 0 Å². The van der Waals surface area contributed by atoms with Crippen LogP contribution in [0.25, 0.3) is 116 Å². The molecule has 408 valence electrons. The average molecular weight is 1110 g/mol. The lowest BCUT2D eigenvalue weighted by atomic mass is 9.82. The minimum absolute atomic E-state index is 0.915. The summed E-state index contributed by atoms with van der Waals surface area (Å²) in [6.45, 7) is 0. The van der Waals surface area contributed by atoms with E-state index in [0.717, 1.165) is 84.5 Å². The van der Waals surface area contributed by atoms with Gasteiger partial charge in [0.2, 0.25) is 0 Å². The number of hydrogen-bond acceptors (Lipinski definition) is 3. The predicted octanol–water partition coefficient (Wildman–Crippen LogP) is 22.9. The Labute approximate surface area is 506 Å². The third-order valence-corrected chi connectivity index (χ3v) is 17.1. The molecular formula is C83H56N4. The second kappa shape index (κ2) is 21.9. The van der Waals surface area contributed by atoms with Crippen molar-refractivity contribution in [3.63, 3.8) is 0 Å². The van der Waals surface area contributed by atoms with Gasteiger partial charge in [-0.2, -0.15) is 0 Å². The maximum absolute atomic E-state index is 5.22. The highest BCUT2D eigenvalue weighted by atomic mass is 15.1. The molecule has 0 bridgehead atoms. The molecule has 0 spiro atoms. The lowest BCUT2D eigenvalue weighted by molar-refractivity contribution is 1.10. The van der Waals surface area contributed by atoms with Gasteiger partial charge in [0, 0.05) is 45.4 Å². The fourth-order valence-corrected chi connectivity index (χ4v) is 13.3. The maximum atomic E-state index is 5.22. The largest absolute Gasteiger partial charge is 0.311 e. The molecule has 0 amide bonds. The highest BCUT2D eigenvalue weighted by Crippen LogP contribution is 2.50. The molecular weight excluding hydrogens is 1050 g/mol. The van der Waals surface area contributed by atoms with Crippen LogP contribution in [0.5, 0.6) is 0 Å². The van der Waals surface area contributed by atoms with Gasteiger partial charge in [-0.3, -0.25) is 4.57 Å². The third kappa shape index (κ3) is 9.07. The zero-order valence-corrected chi connectivity index (χ0v) is 47.6. The van der Waals surface area contributed by atoms with E-state index in [-0.39, 0.29) is 0 Å².